The Morgan fingerprint density at radius 1 is 1.10 bits per heavy atom. The first-order chi connectivity index (χ1) is 13.9. The fourth-order valence-corrected chi connectivity index (χ4v) is 3.27. The third kappa shape index (κ3) is 4.19. The average Bonchev–Trinajstić information content (AvgIpc) is 3.16. The van der Waals surface area contributed by atoms with Crippen LogP contribution in [0.15, 0.2) is 74.3 Å². The Labute approximate surface area is 166 Å². The molecule has 146 valence electrons. The van der Waals surface area contributed by atoms with Crippen molar-refractivity contribution in [3.63, 3.8) is 0 Å². The second kappa shape index (κ2) is 7.51. The lowest BCUT2D eigenvalue weighted by Gasteiger charge is -2.05. The van der Waals surface area contributed by atoms with Crippen LogP contribution >= 0.6 is 11.3 Å². The standard InChI is InChI=1S/C20H12F3N3O2S/c21-20(22,23)14-7-5-12(6-8-14)10-24-26-19-25-16(11-29-19)15-9-13-3-1-2-4-17(13)28-18(15)27/h1-11H,(H,25,26). The number of hydrazone groups is 1. The number of aromatic nitrogens is 1. The van der Waals surface area contributed by atoms with Gasteiger partial charge in [-0.15, -0.1) is 11.3 Å². The Morgan fingerprint density at radius 3 is 2.62 bits per heavy atom. The van der Waals surface area contributed by atoms with Crippen molar-refractivity contribution < 1.29 is 17.6 Å². The summed E-state index contributed by atoms with van der Waals surface area (Å²) in [6.45, 7) is 0. The van der Waals surface area contributed by atoms with Crippen LogP contribution in [-0.2, 0) is 6.18 Å². The van der Waals surface area contributed by atoms with Gasteiger partial charge in [0.15, 0.2) is 0 Å². The predicted molar refractivity (Wildman–Crippen MR) is 106 cm³/mol. The van der Waals surface area contributed by atoms with Crippen LogP contribution in [0.3, 0.4) is 0 Å². The SMILES string of the molecule is O=c1oc2ccccc2cc1-c1csc(NN=Cc2ccc(C(F)(F)F)cc2)n1. The largest absolute Gasteiger partial charge is 0.422 e. The summed E-state index contributed by atoms with van der Waals surface area (Å²) in [6.07, 6.45) is -2.99. The Bertz CT molecular complexity index is 1240. The molecule has 0 saturated carbocycles. The summed E-state index contributed by atoms with van der Waals surface area (Å²) >= 11 is 1.23. The van der Waals surface area contributed by atoms with Crippen LogP contribution in [-0.4, -0.2) is 11.2 Å². The van der Waals surface area contributed by atoms with Gasteiger partial charge >= 0.3 is 11.8 Å². The minimum Gasteiger partial charge on any atom is -0.422 e. The number of fused-ring (bicyclic) bond motifs is 1. The van der Waals surface area contributed by atoms with Crippen molar-refractivity contribution in [3.05, 3.63) is 81.5 Å². The van der Waals surface area contributed by atoms with Crippen LogP contribution in [0.2, 0.25) is 0 Å². The first kappa shape index (κ1) is 18.9. The number of halogens is 3. The molecule has 0 bridgehead atoms. The molecular weight excluding hydrogens is 403 g/mol. The van der Waals surface area contributed by atoms with Crippen LogP contribution in [0, 0.1) is 0 Å². The van der Waals surface area contributed by atoms with E-state index in [2.05, 4.69) is 15.5 Å². The highest BCUT2D eigenvalue weighted by Crippen LogP contribution is 2.29. The summed E-state index contributed by atoms with van der Waals surface area (Å²) in [7, 11) is 0. The van der Waals surface area contributed by atoms with E-state index >= 15 is 0 Å². The Hall–Kier alpha value is -3.46. The summed E-state index contributed by atoms with van der Waals surface area (Å²) < 4.78 is 43.0. The zero-order valence-corrected chi connectivity index (χ0v) is 15.4. The molecule has 4 aromatic rings. The highest BCUT2D eigenvalue weighted by molar-refractivity contribution is 7.14. The van der Waals surface area contributed by atoms with E-state index in [1.54, 1.807) is 23.6 Å². The lowest BCUT2D eigenvalue weighted by Crippen LogP contribution is -2.04. The first-order valence-electron chi connectivity index (χ1n) is 8.35. The van der Waals surface area contributed by atoms with Gasteiger partial charge in [-0.3, -0.25) is 5.43 Å². The van der Waals surface area contributed by atoms with E-state index in [-0.39, 0.29) is 0 Å². The van der Waals surface area contributed by atoms with E-state index in [4.69, 9.17) is 4.42 Å². The maximum atomic E-state index is 12.6. The summed E-state index contributed by atoms with van der Waals surface area (Å²) in [5.41, 5.74) is 3.27. The lowest BCUT2D eigenvalue weighted by molar-refractivity contribution is -0.137. The molecule has 0 fully saturated rings. The van der Waals surface area contributed by atoms with E-state index < -0.39 is 17.4 Å². The highest BCUT2D eigenvalue weighted by Gasteiger charge is 2.29. The number of hydrogen-bond acceptors (Lipinski definition) is 6. The smallest absolute Gasteiger partial charge is 0.416 e. The van der Waals surface area contributed by atoms with Crippen molar-refractivity contribution in [3.8, 4) is 11.3 Å². The van der Waals surface area contributed by atoms with Crippen LogP contribution in [0.1, 0.15) is 11.1 Å². The number of hydrogen-bond donors (Lipinski definition) is 1. The van der Waals surface area contributed by atoms with Gasteiger partial charge in [-0.25, -0.2) is 9.78 Å². The van der Waals surface area contributed by atoms with Gasteiger partial charge in [-0.05, 0) is 29.8 Å². The molecule has 0 amide bonds. The molecule has 29 heavy (non-hydrogen) atoms. The van der Waals surface area contributed by atoms with Crippen molar-refractivity contribution in [1.82, 2.24) is 4.98 Å². The number of thiazole rings is 1. The Kier molecular flexibility index (Phi) is 4.89. The molecule has 9 heteroatoms. The van der Waals surface area contributed by atoms with Gasteiger partial charge in [0, 0.05) is 10.8 Å². The van der Waals surface area contributed by atoms with Gasteiger partial charge in [-0.1, -0.05) is 30.3 Å². The van der Waals surface area contributed by atoms with Crippen LogP contribution in [0.5, 0.6) is 0 Å². The van der Waals surface area contributed by atoms with Gasteiger partial charge in [0.1, 0.15) is 5.58 Å². The third-order valence-electron chi connectivity index (χ3n) is 4.03. The molecular formula is C20H12F3N3O2S. The summed E-state index contributed by atoms with van der Waals surface area (Å²) in [5, 5.41) is 6.87. The first-order valence-corrected chi connectivity index (χ1v) is 9.23. The molecule has 0 aliphatic rings. The maximum absolute atomic E-state index is 12.6. The molecule has 0 aliphatic heterocycles. The molecule has 0 unspecified atom stereocenters. The second-order valence-electron chi connectivity index (χ2n) is 6.01. The summed E-state index contributed by atoms with van der Waals surface area (Å²) in [4.78, 5) is 16.5. The average molecular weight is 415 g/mol. The van der Waals surface area contributed by atoms with Gasteiger partial charge in [-0.2, -0.15) is 18.3 Å². The predicted octanol–water partition coefficient (Wildman–Crippen LogP) is 5.38. The van der Waals surface area contributed by atoms with Crippen LogP contribution in [0.4, 0.5) is 18.3 Å². The second-order valence-corrected chi connectivity index (χ2v) is 6.87. The molecule has 5 nitrogen and oxygen atoms in total. The van der Waals surface area contributed by atoms with Gasteiger partial charge in [0.05, 0.1) is 23.0 Å². The number of benzene rings is 2. The van der Waals surface area contributed by atoms with Gasteiger partial charge in [0.25, 0.3) is 0 Å². The lowest BCUT2D eigenvalue weighted by atomic mass is 10.1. The van der Waals surface area contributed by atoms with Crippen LogP contribution in [0.25, 0.3) is 22.2 Å². The topological polar surface area (TPSA) is 67.5 Å². The molecule has 0 aliphatic carbocycles. The maximum Gasteiger partial charge on any atom is 0.416 e. The van der Waals surface area contributed by atoms with E-state index in [9.17, 15) is 18.0 Å². The van der Waals surface area contributed by atoms with E-state index in [1.165, 1.54) is 29.7 Å². The van der Waals surface area contributed by atoms with Crippen molar-refractivity contribution in [2.45, 2.75) is 6.18 Å². The van der Waals surface area contributed by atoms with Gasteiger partial charge in [0.2, 0.25) is 5.13 Å². The summed E-state index contributed by atoms with van der Waals surface area (Å²) in [5.74, 6) is 0. The van der Waals surface area contributed by atoms with Crippen molar-refractivity contribution >= 4 is 33.7 Å². The molecule has 0 saturated heterocycles. The number of rotatable bonds is 4. The molecule has 0 atom stereocenters. The Balaban J connectivity index is 1.49. The monoisotopic (exact) mass is 415 g/mol. The minimum absolute atomic E-state index is 0.333. The fourth-order valence-electron chi connectivity index (χ4n) is 2.61. The summed E-state index contributed by atoms with van der Waals surface area (Å²) in [6, 6.07) is 13.5. The third-order valence-corrected chi connectivity index (χ3v) is 4.78. The molecule has 2 aromatic carbocycles. The number of para-hydroxylation sites is 1. The number of alkyl halides is 3. The number of nitrogens with zero attached hydrogens (tertiary/aromatic N) is 2. The van der Waals surface area contributed by atoms with E-state index in [0.717, 1.165) is 17.5 Å². The number of anilines is 1. The highest BCUT2D eigenvalue weighted by atomic mass is 32.1. The zero-order valence-electron chi connectivity index (χ0n) is 14.6. The van der Waals surface area contributed by atoms with Crippen molar-refractivity contribution in [2.24, 2.45) is 5.10 Å². The van der Waals surface area contributed by atoms with Crippen molar-refractivity contribution in [2.75, 3.05) is 5.43 Å². The molecule has 4 rings (SSSR count). The quantitative estimate of drug-likeness (QED) is 0.276. The zero-order chi connectivity index (χ0) is 20.4. The van der Waals surface area contributed by atoms with E-state index in [0.29, 0.717) is 27.5 Å². The minimum atomic E-state index is -4.37. The molecule has 0 radical (unpaired) electrons. The number of nitrogens with one attached hydrogen (secondary N) is 1. The molecule has 0 spiro atoms. The Morgan fingerprint density at radius 2 is 1.86 bits per heavy atom. The molecule has 1 N–H and O–H groups in total. The van der Waals surface area contributed by atoms with Crippen molar-refractivity contribution in [1.29, 1.82) is 0 Å². The fraction of sp³-hybridized carbons (Fsp3) is 0.0500. The molecule has 2 heterocycles. The normalized spacial score (nSPS) is 12.0. The molecule has 2 aromatic heterocycles. The van der Waals surface area contributed by atoms with E-state index in [1.807, 2.05) is 12.1 Å². The van der Waals surface area contributed by atoms with Crippen LogP contribution < -0.4 is 11.1 Å². The van der Waals surface area contributed by atoms with Gasteiger partial charge < -0.3 is 4.42 Å².